The molecule has 2 aromatic rings. The molecule has 1 aromatic heterocycles. The minimum absolute atomic E-state index is 0.0693. The number of carbonyl (C=O) groups is 1. The largest absolute Gasteiger partial charge is 0.406 e. The van der Waals surface area contributed by atoms with Crippen molar-refractivity contribution in [1.82, 2.24) is 4.90 Å². The first-order valence-corrected chi connectivity index (χ1v) is 6.69. The summed E-state index contributed by atoms with van der Waals surface area (Å²) in [6.07, 6.45) is -4.45. The third-order valence-electron chi connectivity index (χ3n) is 2.66. The molecule has 0 saturated heterocycles. The lowest BCUT2D eigenvalue weighted by Crippen LogP contribution is -2.35. The Balaban J connectivity index is 2.41. The number of fused-ring (bicyclic) bond motifs is 1. The predicted octanol–water partition coefficient (Wildman–Crippen LogP) is 3.77. The number of nitrogens with two attached hydrogens (primary N) is 1. The zero-order valence-corrected chi connectivity index (χ0v) is 11.9. The molecule has 0 aliphatic rings. The van der Waals surface area contributed by atoms with E-state index in [0.29, 0.717) is 20.0 Å². The molecule has 8 heteroatoms. The molecule has 0 aliphatic carbocycles. The van der Waals surface area contributed by atoms with Crippen molar-refractivity contribution in [3.63, 3.8) is 0 Å². The number of benzene rings is 1. The molecular formula is C12H10ClF3N2OS. The van der Waals surface area contributed by atoms with E-state index in [1.807, 2.05) is 0 Å². The Morgan fingerprint density at radius 3 is 2.65 bits per heavy atom. The predicted molar refractivity (Wildman–Crippen MR) is 74.3 cm³/mol. The maximum atomic E-state index is 12.3. The standard InChI is InChI=1S/C12H10ClF3N2OS/c1-18(5-12(14,15)16)11(19)10-9(17)8-6(13)3-2-4-7(8)20-10/h2-4H,5,17H2,1H3. The molecule has 0 radical (unpaired) electrons. The zero-order chi connectivity index (χ0) is 15.1. The van der Waals surface area contributed by atoms with Gasteiger partial charge in [-0.25, -0.2) is 0 Å². The van der Waals surface area contributed by atoms with E-state index >= 15 is 0 Å². The first-order chi connectivity index (χ1) is 9.20. The van der Waals surface area contributed by atoms with E-state index in [1.54, 1.807) is 18.2 Å². The van der Waals surface area contributed by atoms with Crippen LogP contribution in [0.15, 0.2) is 18.2 Å². The van der Waals surface area contributed by atoms with Gasteiger partial charge < -0.3 is 10.6 Å². The highest BCUT2D eigenvalue weighted by Gasteiger charge is 2.32. The highest BCUT2D eigenvalue weighted by Crippen LogP contribution is 2.38. The van der Waals surface area contributed by atoms with Crippen LogP contribution in [0, 0.1) is 0 Å². The van der Waals surface area contributed by atoms with Crippen LogP contribution in [0.3, 0.4) is 0 Å². The molecule has 1 amide bonds. The van der Waals surface area contributed by atoms with Gasteiger partial charge in [-0.05, 0) is 12.1 Å². The van der Waals surface area contributed by atoms with Gasteiger partial charge in [-0.3, -0.25) is 4.79 Å². The summed E-state index contributed by atoms with van der Waals surface area (Å²) >= 11 is 7.02. The van der Waals surface area contributed by atoms with Crippen molar-refractivity contribution in [1.29, 1.82) is 0 Å². The molecule has 0 aliphatic heterocycles. The van der Waals surface area contributed by atoms with Crippen molar-refractivity contribution in [3.05, 3.63) is 28.1 Å². The molecule has 0 bridgehead atoms. The van der Waals surface area contributed by atoms with Crippen molar-refractivity contribution in [2.24, 2.45) is 0 Å². The molecule has 2 rings (SSSR count). The second-order valence-corrected chi connectivity index (χ2v) is 5.69. The summed E-state index contributed by atoms with van der Waals surface area (Å²) in [5.74, 6) is -0.767. The number of hydrogen-bond acceptors (Lipinski definition) is 3. The van der Waals surface area contributed by atoms with Crippen LogP contribution in [0.25, 0.3) is 10.1 Å². The number of thiophene rings is 1. The number of nitrogen functional groups attached to an aromatic ring is 1. The highest BCUT2D eigenvalue weighted by atomic mass is 35.5. The van der Waals surface area contributed by atoms with Crippen molar-refractivity contribution < 1.29 is 18.0 Å². The molecule has 3 nitrogen and oxygen atoms in total. The number of anilines is 1. The lowest BCUT2D eigenvalue weighted by Gasteiger charge is -2.18. The molecule has 0 atom stereocenters. The fourth-order valence-corrected chi connectivity index (χ4v) is 3.28. The molecule has 0 unspecified atom stereocenters. The third-order valence-corrected chi connectivity index (χ3v) is 4.13. The van der Waals surface area contributed by atoms with E-state index in [4.69, 9.17) is 17.3 Å². The summed E-state index contributed by atoms with van der Waals surface area (Å²) in [5.41, 5.74) is 5.96. The van der Waals surface area contributed by atoms with Crippen molar-refractivity contribution in [3.8, 4) is 0 Å². The van der Waals surface area contributed by atoms with Crippen molar-refractivity contribution >= 4 is 44.6 Å². The fraction of sp³-hybridized carbons (Fsp3) is 0.250. The average molecular weight is 323 g/mol. The van der Waals surface area contributed by atoms with Gasteiger partial charge in [-0.2, -0.15) is 13.2 Å². The summed E-state index contributed by atoms with van der Waals surface area (Å²) in [5, 5.41) is 0.872. The van der Waals surface area contributed by atoms with Crippen LogP contribution in [0.2, 0.25) is 5.02 Å². The Morgan fingerprint density at radius 2 is 2.10 bits per heavy atom. The van der Waals surface area contributed by atoms with Gasteiger partial charge >= 0.3 is 6.18 Å². The fourth-order valence-electron chi connectivity index (χ4n) is 1.80. The normalized spacial score (nSPS) is 11.8. The Kier molecular flexibility index (Phi) is 3.84. The average Bonchev–Trinajstić information content (AvgIpc) is 2.65. The summed E-state index contributed by atoms with van der Waals surface area (Å²) in [6.45, 7) is -1.33. The smallest absolute Gasteiger partial charge is 0.397 e. The number of nitrogens with zero attached hydrogens (tertiary/aromatic N) is 1. The topological polar surface area (TPSA) is 46.3 Å². The third kappa shape index (κ3) is 2.83. The maximum Gasteiger partial charge on any atom is 0.406 e. The van der Waals surface area contributed by atoms with E-state index in [9.17, 15) is 18.0 Å². The lowest BCUT2D eigenvalue weighted by molar-refractivity contribution is -0.138. The molecule has 108 valence electrons. The quantitative estimate of drug-likeness (QED) is 0.914. The Morgan fingerprint density at radius 1 is 1.45 bits per heavy atom. The van der Waals surface area contributed by atoms with Gasteiger partial charge in [-0.1, -0.05) is 17.7 Å². The van der Waals surface area contributed by atoms with Crippen LogP contribution in [-0.4, -0.2) is 30.6 Å². The Bertz CT molecular complexity index is 669. The van der Waals surface area contributed by atoms with Gasteiger partial charge in [-0.15, -0.1) is 11.3 Å². The minimum Gasteiger partial charge on any atom is -0.397 e. The molecule has 1 heterocycles. The summed E-state index contributed by atoms with van der Waals surface area (Å²) in [6, 6.07) is 5.01. The first-order valence-electron chi connectivity index (χ1n) is 5.49. The van der Waals surface area contributed by atoms with Crippen LogP contribution in [0.5, 0.6) is 0 Å². The number of halogens is 4. The van der Waals surface area contributed by atoms with Crippen LogP contribution in [-0.2, 0) is 0 Å². The molecule has 2 N–H and O–H groups in total. The second kappa shape index (κ2) is 5.14. The van der Waals surface area contributed by atoms with E-state index in [-0.39, 0.29) is 10.6 Å². The van der Waals surface area contributed by atoms with Gasteiger partial charge in [0.25, 0.3) is 5.91 Å². The zero-order valence-electron chi connectivity index (χ0n) is 10.3. The molecule has 0 saturated carbocycles. The van der Waals surface area contributed by atoms with E-state index < -0.39 is 18.6 Å². The Hall–Kier alpha value is -1.47. The molecule has 20 heavy (non-hydrogen) atoms. The van der Waals surface area contributed by atoms with Crippen LogP contribution in [0.4, 0.5) is 18.9 Å². The number of carbonyl (C=O) groups excluding carboxylic acids is 1. The maximum absolute atomic E-state index is 12.3. The van der Waals surface area contributed by atoms with Crippen LogP contribution >= 0.6 is 22.9 Å². The van der Waals surface area contributed by atoms with Crippen LogP contribution < -0.4 is 5.73 Å². The number of hydrogen-bond donors (Lipinski definition) is 1. The first kappa shape index (κ1) is 14.9. The minimum atomic E-state index is -4.45. The molecule has 1 aromatic carbocycles. The monoisotopic (exact) mass is 322 g/mol. The number of alkyl halides is 3. The van der Waals surface area contributed by atoms with Gasteiger partial charge in [0.2, 0.25) is 0 Å². The van der Waals surface area contributed by atoms with Crippen molar-refractivity contribution in [2.45, 2.75) is 6.18 Å². The van der Waals surface area contributed by atoms with E-state index in [2.05, 4.69) is 0 Å². The second-order valence-electron chi connectivity index (χ2n) is 4.23. The Labute approximate surface area is 121 Å². The van der Waals surface area contributed by atoms with E-state index in [1.165, 1.54) is 0 Å². The van der Waals surface area contributed by atoms with Gasteiger partial charge in [0.15, 0.2) is 0 Å². The number of rotatable bonds is 2. The summed E-state index contributed by atoms with van der Waals surface area (Å²) in [4.78, 5) is 12.7. The molecule has 0 spiro atoms. The molecular weight excluding hydrogens is 313 g/mol. The number of amides is 1. The summed E-state index contributed by atoms with van der Waals surface area (Å²) < 4.78 is 37.6. The van der Waals surface area contributed by atoms with Crippen LogP contribution in [0.1, 0.15) is 9.67 Å². The summed E-state index contributed by atoms with van der Waals surface area (Å²) in [7, 11) is 1.08. The SMILES string of the molecule is CN(CC(F)(F)F)C(=O)c1sc2cccc(Cl)c2c1N. The van der Waals surface area contributed by atoms with E-state index in [0.717, 1.165) is 18.4 Å². The van der Waals surface area contributed by atoms with Crippen molar-refractivity contribution in [2.75, 3.05) is 19.3 Å². The van der Waals surface area contributed by atoms with Gasteiger partial charge in [0.1, 0.15) is 11.4 Å². The van der Waals surface area contributed by atoms with Gasteiger partial charge in [0, 0.05) is 17.1 Å². The van der Waals surface area contributed by atoms with Gasteiger partial charge in [0.05, 0.1) is 10.7 Å². The molecule has 0 fully saturated rings. The highest BCUT2D eigenvalue weighted by molar-refractivity contribution is 7.21. The lowest BCUT2D eigenvalue weighted by atomic mass is 10.2.